The van der Waals surface area contributed by atoms with Gasteiger partial charge in [-0.1, -0.05) is 18.2 Å². The molecule has 1 saturated heterocycles. The third kappa shape index (κ3) is 6.46. The lowest BCUT2D eigenvalue weighted by atomic mass is 10.2. The molecule has 0 bridgehead atoms. The zero-order valence-electron chi connectivity index (χ0n) is 18.0. The first-order valence-electron chi connectivity index (χ1n) is 10.2. The van der Waals surface area contributed by atoms with Crippen LogP contribution in [0.2, 0.25) is 0 Å². The van der Waals surface area contributed by atoms with Gasteiger partial charge in [-0.2, -0.15) is 0 Å². The highest BCUT2D eigenvalue weighted by Crippen LogP contribution is 2.21. The first kappa shape index (κ1) is 25.7. The monoisotopic (exact) mass is 477 g/mol. The Morgan fingerprint density at radius 3 is 2.44 bits per heavy atom. The SMILES string of the molecule is CN(C(=O)n1cnc(-c2ccc(OCCN3CCNCC3)cc2)c1)c1ccccc1.Cl.Cl. The molecule has 1 aliphatic rings. The molecule has 1 aromatic heterocycles. The zero-order valence-corrected chi connectivity index (χ0v) is 19.6. The Hall–Kier alpha value is -2.58. The Balaban J connectivity index is 0.00000181. The van der Waals surface area contributed by atoms with E-state index in [0.717, 1.165) is 55.4 Å². The predicted octanol–water partition coefficient (Wildman–Crippen LogP) is 3.78. The summed E-state index contributed by atoms with van der Waals surface area (Å²) in [7, 11) is 1.75. The fourth-order valence-corrected chi connectivity index (χ4v) is 3.46. The summed E-state index contributed by atoms with van der Waals surface area (Å²) < 4.78 is 7.38. The van der Waals surface area contributed by atoms with Crippen LogP contribution >= 0.6 is 24.8 Å². The van der Waals surface area contributed by atoms with Gasteiger partial charge in [0.05, 0.1) is 5.69 Å². The number of imidazole rings is 1. The maximum absolute atomic E-state index is 12.7. The van der Waals surface area contributed by atoms with Gasteiger partial charge in [0, 0.05) is 57.2 Å². The second-order valence-electron chi connectivity index (χ2n) is 7.31. The van der Waals surface area contributed by atoms with Gasteiger partial charge in [0.25, 0.3) is 0 Å². The summed E-state index contributed by atoms with van der Waals surface area (Å²) in [6.07, 6.45) is 3.30. The number of carbonyl (C=O) groups is 1. The summed E-state index contributed by atoms with van der Waals surface area (Å²) in [6, 6.07) is 17.2. The van der Waals surface area contributed by atoms with Gasteiger partial charge in [0.15, 0.2) is 0 Å². The average Bonchev–Trinajstić information content (AvgIpc) is 3.30. The fourth-order valence-electron chi connectivity index (χ4n) is 3.46. The molecule has 1 aliphatic heterocycles. The molecule has 0 spiro atoms. The molecule has 0 radical (unpaired) electrons. The van der Waals surface area contributed by atoms with E-state index in [9.17, 15) is 4.79 Å². The van der Waals surface area contributed by atoms with Gasteiger partial charge in [0.2, 0.25) is 0 Å². The van der Waals surface area contributed by atoms with Crippen molar-refractivity contribution in [3.8, 4) is 17.0 Å². The van der Waals surface area contributed by atoms with Crippen LogP contribution in [-0.2, 0) is 0 Å². The van der Waals surface area contributed by atoms with Crippen LogP contribution in [0.5, 0.6) is 5.75 Å². The zero-order chi connectivity index (χ0) is 20.8. The van der Waals surface area contributed by atoms with Crippen molar-refractivity contribution in [2.24, 2.45) is 0 Å². The molecule has 0 aliphatic carbocycles. The third-order valence-electron chi connectivity index (χ3n) is 5.27. The Bertz CT molecular complexity index is 960. The van der Waals surface area contributed by atoms with Gasteiger partial charge >= 0.3 is 6.03 Å². The van der Waals surface area contributed by atoms with Crippen molar-refractivity contribution < 1.29 is 9.53 Å². The minimum atomic E-state index is -0.159. The lowest BCUT2D eigenvalue weighted by Gasteiger charge is -2.26. The molecule has 32 heavy (non-hydrogen) atoms. The van der Waals surface area contributed by atoms with Gasteiger partial charge in [-0.25, -0.2) is 9.78 Å². The second-order valence-corrected chi connectivity index (χ2v) is 7.31. The topological polar surface area (TPSA) is 62.6 Å². The molecular weight excluding hydrogens is 449 g/mol. The van der Waals surface area contributed by atoms with Crippen LogP contribution in [0.25, 0.3) is 11.3 Å². The molecular formula is C23H29Cl2N5O2. The van der Waals surface area contributed by atoms with E-state index in [1.165, 1.54) is 4.57 Å². The predicted molar refractivity (Wildman–Crippen MR) is 133 cm³/mol. The first-order valence-corrected chi connectivity index (χ1v) is 10.2. The number of carbonyl (C=O) groups excluding carboxylic acids is 1. The number of piperazine rings is 1. The minimum Gasteiger partial charge on any atom is -0.492 e. The lowest BCUT2D eigenvalue weighted by Crippen LogP contribution is -2.44. The van der Waals surface area contributed by atoms with Crippen LogP contribution in [-0.4, -0.2) is 66.9 Å². The molecule has 2 heterocycles. The Morgan fingerprint density at radius 2 is 1.75 bits per heavy atom. The summed E-state index contributed by atoms with van der Waals surface area (Å²) in [5.41, 5.74) is 2.52. The first-order chi connectivity index (χ1) is 14.7. The summed E-state index contributed by atoms with van der Waals surface area (Å²) in [5, 5.41) is 3.35. The molecule has 3 aromatic rings. The maximum Gasteiger partial charge on any atom is 0.333 e. The van der Waals surface area contributed by atoms with Gasteiger partial charge in [-0.15, -0.1) is 24.8 Å². The van der Waals surface area contributed by atoms with E-state index < -0.39 is 0 Å². The molecule has 7 nitrogen and oxygen atoms in total. The van der Waals surface area contributed by atoms with Crippen LogP contribution in [0.3, 0.4) is 0 Å². The molecule has 2 aromatic carbocycles. The van der Waals surface area contributed by atoms with E-state index in [0.29, 0.717) is 6.61 Å². The van der Waals surface area contributed by atoms with Gasteiger partial charge in [-0.05, 0) is 36.4 Å². The molecule has 4 rings (SSSR count). The summed E-state index contributed by atoms with van der Waals surface area (Å²) in [4.78, 5) is 21.1. The highest BCUT2D eigenvalue weighted by atomic mass is 35.5. The van der Waals surface area contributed by atoms with Gasteiger partial charge < -0.3 is 10.1 Å². The van der Waals surface area contributed by atoms with Gasteiger partial charge in [0.1, 0.15) is 18.7 Å². The molecule has 1 N–H and O–H groups in total. The number of nitrogens with one attached hydrogen (secondary N) is 1. The van der Waals surface area contributed by atoms with Crippen molar-refractivity contribution >= 4 is 36.5 Å². The number of rotatable bonds is 6. The summed E-state index contributed by atoms with van der Waals surface area (Å²) in [6.45, 7) is 5.85. The van der Waals surface area contributed by atoms with Crippen molar-refractivity contribution in [3.05, 3.63) is 67.1 Å². The molecule has 1 amide bonds. The van der Waals surface area contributed by atoms with E-state index in [2.05, 4.69) is 15.2 Å². The van der Waals surface area contributed by atoms with E-state index in [-0.39, 0.29) is 30.8 Å². The van der Waals surface area contributed by atoms with E-state index >= 15 is 0 Å². The molecule has 0 unspecified atom stereocenters. The van der Waals surface area contributed by atoms with E-state index in [4.69, 9.17) is 4.74 Å². The average molecular weight is 478 g/mol. The number of amides is 1. The van der Waals surface area contributed by atoms with Crippen LogP contribution in [0.15, 0.2) is 67.1 Å². The Kier molecular flexibility index (Phi) is 9.99. The van der Waals surface area contributed by atoms with E-state index in [1.54, 1.807) is 24.5 Å². The smallest absolute Gasteiger partial charge is 0.333 e. The molecule has 0 saturated carbocycles. The minimum absolute atomic E-state index is 0. The third-order valence-corrected chi connectivity index (χ3v) is 5.27. The maximum atomic E-state index is 12.7. The van der Waals surface area contributed by atoms with Crippen molar-refractivity contribution in [2.45, 2.75) is 0 Å². The number of ether oxygens (including phenoxy) is 1. The summed E-state index contributed by atoms with van der Waals surface area (Å²) in [5.74, 6) is 0.841. The number of anilines is 1. The molecule has 172 valence electrons. The lowest BCUT2D eigenvalue weighted by molar-refractivity contribution is 0.191. The highest BCUT2D eigenvalue weighted by molar-refractivity contribution is 5.93. The van der Waals surface area contributed by atoms with E-state index in [1.807, 2.05) is 54.6 Å². The Labute approximate surface area is 201 Å². The quantitative estimate of drug-likeness (QED) is 0.585. The molecule has 0 atom stereocenters. The highest BCUT2D eigenvalue weighted by Gasteiger charge is 2.14. The number of halogens is 2. The number of nitrogens with zero attached hydrogens (tertiary/aromatic N) is 4. The number of aromatic nitrogens is 2. The standard InChI is InChI=1S/C23H27N5O2.2ClH/c1-26(20-5-3-2-4-6-20)23(29)28-17-22(25-18-28)19-7-9-21(10-8-19)30-16-15-27-13-11-24-12-14-27;;/h2-10,17-18,24H,11-16H2,1H3;2*1H. The fraction of sp³-hybridized carbons (Fsp3) is 0.304. The number of benzene rings is 2. The second kappa shape index (κ2) is 12.5. The molecule has 1 fully saturated rings. The van der Waals surface area contributed by atoms with Gasteiger partial charge in [-0.3, -0.25) is 14.4 Å². The van der Waals surface area contributed by atoms with Crippen molar-refractivity contribution in [1.82, 2.24) is 19.8 Å². The normalized spacial score (nSPS) is 13.5. The van der Waals surface area contributed by atoms with Crippen LogP contribution in [0, 0.1) is 0 Å². The Morgan fingerprint density at radius 1 is 1.06 bits per heavy atom. The number of hydrogen-bond acceptors (Lipinski definition) is 5. The van der Waals surface area contributed by atoms with Crippen molar-refractivity contribution in [3.63, 3.8) is 0 Å². The number of hydrogen-bond donors (Lipinski definition) is 1. The largest absolute Gasteiger partial charge is 0.492 e. The van der Waals surface area contributed by atoms with Crippen LogP contribution in [0.1, 0.15) is 0 Å². The summed E-state index contributed by atoms with van der Waals surface area (Å²) >= 11 is 0. The van der Waals surface area contributed by atoms with Crippen LogP contribution < -0.4 is 15.0 Å². The number of para-hydroxylation sites is 1. The molecule has 9 heteroatoms. The van der Waals surface area contributed by atoms with Crippen LogP contribution in [0.4, 0.5) is 10.5 Å². The van der Waals surface area contributed by atoms with Crippen molar-refractivity contribution in [2.75, 3.05) is 51.3 Å². The van der Waals surface area contributed by atoms with Crippen molar-refractivity contribution in [1.29, 1.82) is 0 Å².